The number of halogens is 1. The van der Waals surface area contributed by atoms with Crippen molar-refractivity contribution in [3.63, 3.8) is 0 Å². The Morgan fingerprint density at radius 1 is 1.50 bits per heavy atom. The summed E-state index contributed by atoms with van der Waals surface area (Å²) in [5.41, 5.74) is 0.138. The van der Waals surface area contributed by atoms with Crippen LogP contribution >= 0.6 is 11.6 Å². The summed E-state index contributed by atoms with van der Waals surface area (Å²) in [7, 11) is 0. The van der Waals surface area contributed by atoms with Crippen LogP contribution < -0.4 is 5.32 Å². The van der Waals surface area contributed by atoms with Crippen LogP contribution in [0.3, 0.4) is 0 Å². The number of carbonyl (C=O) groups excluding carboxylic acids is 1. The normalized spacial score (nSPS) is 11.8. The van der Waals surface area contributed by atoms with Crippen LogP contribution in [0.2, 0.25) is 0 Å². The minimum absolute atomic E-state index is 0.138. The fourth-order valence-electron chi connectivity index (χ4n) is 1.49. The third kappa shape index (κ3) is 6.47. The Morgan fingerprint density at radius 3 is 2.33 bits per heavy atom. The zero-order valence-electron chi connectivity index (χ0n) is 8.28. The highest BCUT2D eigenvalue weighted by atomic mass is 35.5. The van der Waals surface area contributed by atoms with Crippen molar-refractivity contribution in [3.8, 4) is 0 Å². The van der Waals surface area contributed by atoms with Crippen LogP contribution in [0.5, 0.6) is 0 Å². The molecule has 0 saturated carbocycles. The van der Waals surface area contributed by atoms with E-state index < -0.39 is 5.37 Å². The average molecular weight is 192 g/mol. The molecule has 0 saturated heterocycles. The van der Waals surface area contributed by atoms with Crippen LogP contribution in [-0.4, -0.2) is 11.9 Å². The molecule has 0 aliphatic carbocycles. The molecule has 0 rings (SSSR count). The van der Waals surface area contributed by atoms with E-state index in [0.29, 0.717) is 12.5 Å². The number of carbonyl (C=O) groups is 1. The van der Waals surface area contributed by atoms with Gasteiger partial charge in [-0.05, 0) is 29.4 Å². The first kappa shape index (κ1) is 11.8. The molecule has 0 aromatic carbocycles. The Balaban J connectivity index is 3.78. The van der Waals surface area contributed by atoms with Crippen molar-refractivity contribution in [1.29, 1.82) is 0 Å². The van der Waals surface area contributed by atoms with Crippen LogP contribution in [0.25, 0.3) is 0 Å². The number of amides is 1. The van der Waals surface area contributed by atoms with E-state index in [-0.39, 0.29) is 5.41 Å². The van der Waals surface area contributed by atoms with E-state index in [1.165, 1.54) is 0 Å². The number of hydrogen-bond acceptors (Lipinski definition) is 1. The van der Waals surface area contributed by atoms with Crippen molar-refractivity contribution in [3.05, 3.63) is 0 Å². The van der Waals surface area contributed by atoms with E-state index in [9.17, 15) is 4.79 Å². The van der Waals surface area contributed by atoms with Gasteiger partial charge in [-0.3, -0.25) is 4.79 Å². The summed E-state index contributed by atoms with van der Waals surface area (Å²) in [5, 5.41) is 2.15. The zero-order chi connectivity index (χ0) is 9.78. The fraction of sp³-hybridized carbons (Fsp3) is 0.889. The largest absolute Gasteiger partial charge is 0.342 e. The van der Waals surface area contributed by atoms with Gasteiger partial charge >= 0.3 is 5.37 Å². The van der Waals surface area contributed by atoms with E-state index in [2.05, 4.69) is 33.0 Å². The summed E-state index contributed by atoms with van der Waals surface area (Å²) in [6, 6.07) is 0. The molecule has 0 aliphatic heterocycles. The average Bonchev–Trinajstić information content (AvgIpc) is 1.81. The van der Waals surface area contributed by atoms with Crippen LogP contribution in [0, 0.1) is 11.3 Å². The van der Waals surface area contributed by atoms with Gasteiger partial charge in [0.05, 0.1) is 0 Å². The third-order valence-electron chi connectivity index (χ3n) is 1.67. The van der Waals surface area contributed by atoms with Crippen molar-refractivity contribution in [2.24, 2.45) is 11.3 Å². The van der Waals surface area contributed by atoms with Gasteiger partial charge in [-0.25, -0.2) is 0 Å². The quantitative estimate of drug-likeness (QED) is 0.537. The number of nitrogens with one attached hydrogen (secondary N) is 1. The van der Waals surface area contributed by atoms with Crippen LogP contribution in [0.15, 0.2) is 0 Å². The van der Waals surface area contributed by atoms with Crippen molar-refractivity contribution in [1.82, 2.24) is 5.32 Å². The fourth-order valence-corrected chi connectivity index (χ4v) is 1.55. The molecule has 0 radical (unpaired) electrons. The first-order valence-electron chi connectivity index (χ1n) is 4.27. The van der Waals surface area contributed by atoms with Gasteiger partial charge in [-0.2, -0.15) is 0 Å². The summed E-state index contributed by atoms with van der Waals surface area (Å²) in [4.78, 5) is 10.4. The lowest BCUT2D eigenvalue weighted by atomic mass is 9.84. The maximum absolute atomic E-state index is 10.4. The Kier molecular flexibility index (Phi) is 4.61. The molecule has 1 N–H and O–H groups in total. The van der Waals surface area contributed by atoms with Gasteiger partial charge in [-0.15, -0.1) is 0 Å². The predicted molar refractivity (Wildman–Crippen MR) is 52.5 cm³/mol. The van der Waals surface area contributed by atoms with E-state index in [1.54, 1.807) is 0 Å². The second-order valence-corrected chi connectivity index (χ2v) is 4.73. The van der Waals surface area contributed by atoms with Crippen molar-refractivity contribution in [2.45, 2.75) is 34.1 Å². The monoisotopic (exact) mass is 191 g/mol. The molecular weight excluding hydrogens is 174 g/mol. The second kappa shape index (κ2) is 4.70. The van der Waals surface area contributed by atoms with E-state index >= 15 is 0 Å². The van der Waals surface area contributed by atoms with Gasteiger partial charge < -0.3 is 5.32 Å². The molecule has 0 heterocycles. The second-order valence-electron chi connectivity index (χ2n) is 4.39. The van der Waals surface area contributed by atoms with E-state index in [0.717, 1.165) is 6.42 Å². The molecule has 0 fully saturated rings. The van der Waals surface area contributed by atoms with Gasteiger partial charge in [0, 0.05) is 6.54 Å². The van der Waals surface area contributed by atoms with Gasteiger partial charge in [0.25, 0.3) is 0 Å². The standard InChI is InChI=1S/C9H18ClNO/c1-7(2)5-9(3,4)6-11-8(10)12/h7H,5-6H2,1-4H3,(H,11,12). The molecule has 0 aromatic heterocycles. The highest BCUT2D eigenvalue weighted by molar-refractivity contribution is 6.62. The lowest BCUT2D eigenvalue weighted by molar-refractivity contribution is 0.243. The van der Waals surface area contributed by atoms with E-state index in [1.807, 2.05) is 0 Å². The van der Waals surface area contributed by atoms with Crippen LogP contribution in [-0.2, 0) is 0 Å². The zero-order valence-corrected chi connectivity index (χ0v) is 9.03. The molecule has 0 spiro atoms. The lowest BCUT2D eigenvalue weighted by Gasteiger charge is -2.26. The molecule has 72 valence electrons. The number of hydrogen-bond donors (Lipinski definition) is 1. The highest BCUT2D eigenvalue weighted by Crippen LogP contribution is 2.23. The Bertz CT molecular complexity index is 155. The van der Waals surface area contributed by atoms with Crippen LogP contribution in [0.1, 0.15) is 34.1 Å². The molecule has 0 aliphatic rings. The van der Waals surface area contributed by atoms with Gasteiger partial charge in [0.2, 0.25) is 0 Å². The summed E-state index contributed by atoms with van der Waals surface area (Å²) in [5.74, 6) is 0.646. The van der Waals surface area contributed by atoms with Crippen LogP contribution in [0.4, 0.5) is 4.79 Å². The molecule has 1 amide bonds. The molecule has 0 aromatic rings. The summed E-state index contributed by atoms with van der Waals surface area (Å²) >= 11 is 5.17. The third-order valence-corrected chi connectivity index (χ3v) is 1.80. The van der Waals surface area contributed by atoms with Gasteiger partial charge in [-0.1, -0.05) is 27.7 Å². The Morgan fingerprint density at radius 2 is 2.00 bits per heavy atom. The Labute approximate surface area is 79.7 Å². The SMILES string of the molecule is CC(C)CC(C)(C)CNC(=O)Cl. The topological polar surface area (TPSA) is 29.1 Å². The van der Waals surface area contributed by atoms with Gasteiger partial charge in [0.1, 0.15) is 0 Å². The molecular formula is C9H18ClNO. The molecule has 3 heteroatoms. The maximum atomic E-state index is 10.4. The lowest BCUT2D eigenvalue weighted by Crippen LogP contribution is -2.31. The van der Waals surface area contributed by atoms with Crippen molar-refractivity contribution in [2.75, 3.05) is 6.54 Å². The first-order valence-corrected chi connectivity index (χ1v) is 4.64. The molecule has 2 nitrogen and oxygen atoms in total. The van der Waals surface area contributed by atoms with E-state index in [4.69, 9.17) is 11.6 Å². The molecule has 0 unspecified atom stereocenters. The number of rotatable bonds is 4. The highest BCUT2D eigenvalue weighted by Gasteiger charge is 2.19. The summed E-state index contributed by atoms with van der Waals surface area (Å²) in [6.07, 6.45) is 1.09. The van der Waals surface area contributed by atoms with Crippen molar-refractivity contribution >= 4 is 17.0 Å². The van der Waals surface area contributed by atoms with Crippen molar-refractivity contribution < 1.29 is 4.79 Å². The first-order chi connectivity index (χ1) is 5.33. The minimum Gasteiger partial charge on any atom is -0.342 e. The summed E-state index contributed by atoms with van der Waals surface area (Å²) in [6.45, 7) is 9.24. The summed E-state index contributed by atoms with van der Waals surface area (Å²) < 4.78 is 0. The molecule has 0 atom stereocenters. The van der Waals surface area contributed by atoms with Gasteiger partial charge in [0.15, 0.2) is 0 Å². The molecule has 12 heavy (non-hydrogen) atoms. The Hall–Kier alpha value is -0.240. The minimum atomic E-state index is -0.466. The molecule has 0 bridgehead atoms. The maximum Gasteiger partial charge on any atom is 0.313 e. The smallest absolute Gasteiger partial charge is 0.313 e. The predicted octanol–water partition coefficient (Wildman–Crippen LogP) is 3.01.